The van der Waals surface area contributed by atoms with E-state index in [0.29, 0.717) is 17.3 Å². The normalized spacial score (nSPS) is 45.5. The highest BCUT2D eigenvalue weighted by Gasteiger charge is 2.55. The average Bonchev–Trinajstić information content (AvgIpc) is 3.06. The van der Waals surface area contributed by atoms with Crippen molar-refractivity contribution in [3.63, 3.8) is 0 Å². The second kappa shape index (κ2) is 5.36. The van der Waals surface area contributed by atoms with Crippen LogP contribution >= 0.6 is 0 Å². The second-order valence-corrected chi connectivity index (χ2v) is 8.41. The van der Waals surface area contributed by atoms with Gasteiger partial charge in [0.05, 0.1) is 5.92 Å². The monoisotopic (exact) mass is 303 g/mol. The number of likely N-dealkylation sites (tertiary alicyclic amines) is 1. The maximum atomic E-state index is 12.4. The van der Waals surface area contributed by atoms with Crippen LogP contribution in [0.4, 0.5) is 0 Å². The van der Waals surface area contributed by atoms with Gasteiger partial charge in [-0.1, -0.05) is 19.1 Å². The molecule has 0 amide bonds. The van der Waals surface area contributed by atoms with Crippen LogP contribution in [0.25, 0.3) is 0 Å². The Hall–Kier alpha value is -0.830. The van der Waals surface area contributed by atoms with Crippen molar-refractivity contribution < 1.29 is 9.53 Å². The largest absolute Gasteiger partial charge is 0.462 e. The molecule has 2 heterocycles. The molecule has 0 aromatic carbocycles. The Labute approximate surface area is 134 Å². The quantitative estimate of drug-likeness (QED) is 0.578. The molecule has 4 rings (SSSR count). The Morgan fingerprint density at radius 3 is 2.86 bits per heavy atom. The lowest BCUT2D eigenvalue weighted by Crippen LogP contribution is -2.45. The number of carbonyl (C=O) groups excluding carboxylic acids is 1. The molecule has 2 aliphatic carbocycles. The summed E-state index contributed by atoms with van der Waals surface area (Å²) in [5, 5.41) is 0. The van der Waals surface area contributed by atoms with E-state index in [2.05, 4.69) is 18.4 Å². The van der Waals surface area contributed by atoms with Gasteiger partial charge < -0.3 is 9.64 Å². The third-order valence-corrected chi connectivity index (χ3v) is 6.97. The van der Waals surface area contributed by atoms with Gasteiger partial charge in [-0.3, -0.25) is 4.79 Å². The molecule has 0 bridgehead atoms. The zero-order valence-electron chi connectivity index (χ0n) is 13.9. The fourth-order valence-corrected chi connectivity index (χ4v) is 5.71. The predicted molar refractivity (Wildman–Crippen MR) is 86.4 cm³/mol. The van der Waals surface area contributed by atoms with E-state index in [4.69, 9.17) is 4.74 Å². The molecule has 0 aromatic heterocycles. The molecule has 4 fully saturated rings. The highest BCUT2D eigenvalue weighted by molar-refractivity contribution is 5.75. The molecule has 5 atom stereocenters. The molecule has 0 radical (unpaired) electrons. The zero-order valence-corrected chi connectivity index (χ0v) is 13.9. The summed E-state index contributed by atoms with van der Waals surface area (Å²) in [6, 6.07) is 0. The van der Waals surface area contributed by atoms with Gasteiger partial charge in [-0.15, -0.1) is 0 Å². The molecule has 0 N–H and O–H groups in total. The fourth-order valence-electron chi connectivity index (χ4n) is 5.71. The highest BCUT2D eigenvalue weighted by Crippen LogP contribution is 2.56. The van der Waals surface area contributed by atoms with Crippen LogP contribution in [0.3, 0.4) is 0 Å². The van der Waals surface area contributed by atoms with Crippen molar-refractivity contribution in [1.29, 1.82) is 0 Å². The summed E-state index contributed by atoms with van der Waals surface area (Å²) in [4.78, 5) is 14.9. The minimum absolute atomic E-state index is 0.0785. The maximum absolute atomic E-state index is 12.4. The van der Waals surface area contributed by atoms with E-state index in [-0.39, 0.29) is 18.0 Å². The van der Waals surface area contributed by atoms with Gasteiger partial charge in [0.1, 0.15) is 6.10 Å². The van der Waals surface area contributed by atoms with Crippen LogP contribution in [0, 0.1) is 23.2 Å². The fraction of sp³-hybridized carbons (Fsp3) is 0.842. The molecule has 2 aliphatic heterocycles. The number of carbonyl (C=O) groups is 1. The van der Waals surface area contributed by atoms with E-state index in [0.717, 1.165) is 32.5 Å². The van der Waals surface area contributed by atoms with Gasteiger partial charge in [-0.25, -0.2) is 0 Å². The minimum atomic E-state index is 0.0785. The van der Waals surface area contributed by atoms with Crippen molar-refractivity contribution in [3.8, 4) is 0 Å². The number of rotatable bonds is 2. The van der Waals surface area contributed by atoms with Crippen LogP contribution in [-0.2, 0) is 9.53 Å². The molecule has 22 heavy (non-hydrogen) atoms. The van der Waals surface area contributed by atoms with Crippen LogP contribution < -0.4 is 0 Å². The van der Waals surface area contributed by atoms with E-state index >= 15 is 0 Å². The van der Waals surface area contributed by atoms with Gasteiger partial charge in [0, 0.05) is 12.5 Å². The third kappa shape index (κ3) is 2.33. The van der Waals surface area contributed by atoms with Crippen LogP contribution in [0.5, 0.6) is 0 Å². The number of ether oxygens (including phenoxy) is 1. The molecule has 0 unspecified atom stereocenters. The number of esters is 1. The van der Waals surface area contributed by atoms with Crippen molar-refractivity contribution in [2.24, 2.45) is 23.2 Å². The number of fused-ring (bicyclic) bond motifs is 2. The third-order valence-electron chi connectivity index (χ3n) is 6.97. The van der Waals surface area contributed by atoms with Crippen molar-refractivity contribution >= 4 is 5.97 Å². The predicted octanol–water partition coefficient (Wildman–Crippen LogP) is 3.40. The van der Waals surface area contributed by atoms with E-state index in [1.54, 1.807) is 0 Å². The molecular weight excluding hydrogens is 274 g/mol. The van der Waals surface area contributed by atoms with Gasteiger partial charge in [0.25, 0.3) is 0 Å². The van der Waals surface area contributed by atoms with E-state index in [9.17, 15) is 4.79 Å². The van der Waals surface area contributed by atoms with Crippen LogP contribution in [0.1, 0.15) is 51.9 Å². The first-order valence-electron chi connectivity index (χ1n) is 9.17. The standard InChI is InChI=1S/C19H29NO2/c1-13-6-5-7-19(2)11-17-14(10-16(13)19)15(18(21)22-17)12-20-8-3-4-9-20/h14-17H,1,3-12H2,2H3/t14-,15+,16+,17-,19-/m1/s1. The Bertz CT molecular complexity index is 482. The Kier molecular flexibility index (Phi) is 3.60. The first-order chi connectivity index (χ1) is 10.6. The molecule has 0 spiro atoms. The average molecular weight is 303 g/mol. The first-order valence-corrected chi connectivity index (χ1v) is 9.17. The molecule has 0 aromatic rings. The number of allylic oxidation sites excluding steroid dienone is 1. The topological polar surface area (TPSA) is 29.5 Å². The van der Waals surface area contributed by atoms with Crippen molar-refractivity contribution in [3.05, 3.63) is 12.2 Å². The summed E-state index contributed by atoms with van der Waals surface area (Å²) >= 11 is 0. The molecule has 3 nitrogen and oxygen atoms in total. The molecule has 3 heteroatoms. The van der Waals surface area contributed by atoms with E-state index in [1.807, 2.05) is 0 Å². The Balaban J connectivity index is 1.53. The maximum Gasteiger partial charge on any atom is 0.310 e. The molecular formula is C19H29NO2. The second-order valence-electron chi connectivity index (χ2n) is 8.41. The number of hydrogen-bond donors (Lipinski definition) is 0. The van der Waals surface area contributed by atoms with Crippen molar-refractivity contribution in [2.75, 3.05) is 19.6 Å². The lowest BCUT2D eigenvalue weighted by molar-refractivity contribution is -0.146. The van der Waals surface area contributed by atoms with Crippen molar-refractivity contribution in [1.82, 2.24) is 4.90 Å². The lowest BCUT2D eigenvalue weighted by atomic mass is 9.55. The summed E-state index contributed by atoms with van der Waals surface area (Å²) < 4.78 is 5.84. The number of hydrogen-bond acceptors (Lipinski definition) is 3. The minimum Gasteiger partial charge on any atom is -0.462 e. The summed E-state index contributed by atoms with van der Waals surface area (Å²) in [5.41, 5.74) is 1.76. The van der Waals surface area contributed by atoms with E-state index < -0.39 is 0 Å². The molecule has 122 valence electrons. The number of nitrogens with zero attached hydrogens (tertiary/aromatic N) is 1. The van der Waals surface area contributed by atoms with Gasteiger partial charge >= 0.3 is 5.97 Å². The van der Waals surface area contributed by atoms with Gasteiger partial charge in [0.2, 0.25) is 0 Å². The summed E-state index contributed by atoms with van der Waals surface area (Å²) in [5.74, 6) is 1.23. The summed E-state index contributed by atoms with van der Waals surface area (Å²) in [6.45, 7) is 10.0. The molecule has 4 aliphatic rings. The van der Waals surface area contributed by atoms with Gasteiger partial charge in [-0.05, 0) is 69.4 Å². The van der Waals surface area contributed by atoms with Gasteiger partial charge in [-0.2, -0.15) is 0 Å². The van der Waals surface area contributed by atoms with Crippen LogP contribution in [-0.4, -0.2) is 36.6 Å². The van der Waals surface area contributed by atoms with Gasteiger partial charge in [0.15, 0.2) is 0 Å². The molecule has 2 saturated carbocycles. The Morgan fingerprint density at radius 2 is 2.09 bits per heavy atom. The Morgan fingerprint density at radius 1 is 1.32 bits per heavy atom. The van der Waals surface area contributed by atoms with Crippen LogP contribution in [0.15, 0.2) is 12.2 Å². The first kappa shape index (κ1) is 14.7. The van der Waals surface area contributed by atoms with E-state index in [1.165, 1.54) is 37.7 Å². The summed E-state index contributed by atoms with van der Waals surface area (Å²) in [6.07, 6.45) is 8.65. The van der Waals surface area contributed by atoms with Crippen molar-refractivity contribution in [2.45, 2.75) is 58.0 Å². The summed E-state index contributed by atoms with van der Waals surface area (Å²) in [7, 11) is 0. The van der Waals surface area contributed by atoms with Crippen LogP contribution in [0.2, 0.25) is 0 Å². The highest BCUT2D eigenvalue weighted by atomic mass is 16.6. The SMILES string of the molecule is C=C1CCC[C@]2(C)C[C@H]3OC(=O)[C@@H](CN4CCCC4)[C@H]3C[C@@H]12. The smallest absolute Gasteiger partial charge is 0.310 e. The lowest BCUT2D eigenvalue weighted by Gasteiger charge is -2.50. The zero-order chi connectivity index (χ0) is 15.3. The molecule has 2 saturated heterocycles.